The van der Waals surface area contributed by atoms with Gasteiger partial charge < -0.3 is 10.8 Å². The Labute approximate surface area is 53.5 Å². The number of aliphatic carboxylic acids is 1. The number of carbonyl (C=O) groups is 1. The lowest BCUT2D eigenvalue weighted by molar-refractivity contribution is -0.132. The first kappa shape index (κ1) is 7.75. The van der Waals surface area contributed by atoms with Crippen LogP contribution in [0.5, 0.6) is 0 Å². The third kappa shape index (κ3) is 3.34. The zero-order valence-corrected chi connectivity index (χ0v) is 5.16. The second kappa shape index (κ2) is 3.72. The molecule has 0 atom stereocenters. The van der Waals surface area contributed by atoms with Gasteiger partial charge in [0.2, 0.25) is 0 Å². The van der Waals surface area contributed by atoms with Gasteiger partial charge in [0.15, 0.2) is 0 Å². The summed E-state index contributed by atoms with van der Waals surface area (Å²) in [6.45, 7) is 1.78. The van der Waals surface area contributed by atoms with E-state index in [1.54, 1.807) is 19.1 Å². The van der Waals surface area contributed by atoms with Crippen LogP contribution in [-0.4, -0.2) is 11.1 Å². The molecule has 0 bridgehead atoms. The Kier molecular flexibility index (Phi) is 3.20. The minimum Gasteiger partial charge on any atom is -0.477 e. The summed E-state index contributed by atoms with van der Waals surface area (Å²) in [7, 11) is 0. The standard InChI is InChI=1S/C6H9NO2/c1-2-3-4-5(7)6(8)9/h2-4H,7H2,1H3,(H,8,9). The SMILES string of the molecule is CC=CC=C(N)C(=O)O. The minimum absolute atomic E-state index is 0.145. The Morgan fingerprint density at radius 3 is 2.56 bits per heavy atom. The molecule has 50 valence electrons. The summed E-state index contributed by atoms with van der Waals surface area (Å²) in [5.41, 5.74) is 4.87. The molecule has 0 aliphatic rings. The number of rotatable bonds is 2. The van der Waals surface area contributed by atoms with E-state index in [1.165, 1.54) is 6.08 Å². The first-order valence-corrected chi connectivity index (χ1v) is 2.50. The molecule has 0 aromatic heterocycles. The Morgan fingerprint density at radius 1 is 1.67 bits per heavy atom. The van der Waals surface area contributed by atoms with Crippen molar-refractivity contribution in [2.24, 2.45) is 5.73 Å². The summed E-state index contributed by atoms with van der Waals surface area (Å²) in [4.78, 5) is 9.98. The molecule has 0 fully saturated rings. The molecule has 0 aliphatic heterocycles. The number of nitrogens with two attached hydrogens (primary N) is 1. The number of carboxylic acids is 1. The summed E-state index contributed by atoms with van der Waals surface area (Å²) in [5, 5.41) is 8.18. The van der Waals surface area contributed by atoms with Crippen LogP contribution in [0, 0.1) is 0 Å². The van der Waals surface area contributed by atoms with Crippen molar-refractivity contribution in [2.75, 3.05) is 0 Å². The van der Waals surface area contributed by atoms with E-state index >= 15 is 0 Å². The van der Waals surface area contributed by atoms with Crippen molar-refractivity contribution >= 4 is 5.97 Å². The van der Waals surface area contributed by atoms with Crippen LogP contribution < -0.4 is 5.73 Å². The van der Waals surface area contributed by atoms with Gasteiger partial charge in [-0.1, -0.05) is 12.2 Å². The van der Waals surface area contributed by atoms with Gasteiger partial charge in [-0.3, -0.25) is 0 Å². The van der Waals surface area contributed by atoms with Gasteiger partial charge in [-0.15, -0.1) is 0 Å². The molecule has 0 saturated carbocycles. The van der Waals surface area contributed by atoms with E-state index in [1.807, 2.05) is 0 Å². The Morgan fingerprint density at radius 2 is 2.22 bits per heavy atom. The maximum Gasteiger partial charge on any atom is 0.351 e. The molecule has 0 saturated heterocycles. The van der Waals surface area contributed by atoms with Crippen LogP contribution in [0.2, 0.25) is 0 Å². The topological polar surface area (TPSA) is 63.3 Å². The Bertz CT molecular complexity index is 158. The molecular formula is C6H9NO2. The predicted molar refractivity (Wildman–Crippen MR) is 34.7 cm³/mol. The van der Waals surface area contributed by atoms with Crippen LogP contribution in [0.4, 0.5) is 0 Å². The highest BCUT2D eigenvalue weighted by Crippen LogP contribution is 1.83. The largest absolute Gasteiger partial charge is 0.477 e. The highest BCUT2D eigenvalue weighted by Gasteiger charge is 1.95. The van der Waals surface area contributed by atoms with Crippen molar-refractivity contribution in [3.8, 4) is 0 Å². The van der Waals surface area contributed by atoms with E-state index < -0.39 is 5.97 Å². The van der Waals surface area contributed by atoms with E-state index in [0.717, 1.165) is 0 Å². The van der Waals surface area contributed by atoms with Crippen molar-refractivity contribution in [2.45, 2.75) is 6.92 Å². The average molecular weight is 127 g/mol. The van der Waals surface area contributed by atoms with Crippen LogP contribution >= 0.6 is 0 Å². The van der Waals surface area contributed by atoms with Crippen molar-refractivity contribution in [3.63, 3.8) is 0 Å². The van der Waals surface area contributed by atoms with E-state index in [0.29, 0.717) is 0 Å². The van der Waals surface area contributed by atoms with Crippen LogP contribution in [-0.2, 0) is 4.79 Å². The fraction of sp³-hybridized carbons (Fsp3) is 0.167. The quantitative estimate of drug-likeness (QED) is 0.419. The normalized spacial score (nSPS) is 12.3. The van der Waals surface area contributed by atoms with Crippen molar-refractivity contribution in [1.29, 1.82) is 0 Å². The zero-order chi connectivity index (χ0) is 7.28. The highest BCUT2D eigenvalue weighted by atomic mass is 16.4. The summed E-state index contributed by atoms with van der Waals surface area (Å²) in [5.74, 6) is -1.09. The molecule has 0 aromatic rings. The third-order valence-corrected chi connectivity index (χ3v) is 0.715. The fourth-order valence-corrected chi connectivity index (χ4v) is 0.271. The van der Waals surface area contributed by atoms with Gasteiger partial charge in [0.05, 0.1) is 0 Å². The van der Waals surface area contributed by atoms with E-state index in [2.05, 4.69) is 0 Å². The lowest BCUT2D eigenvalue weighted by Gasteiger charge is -1.86. The van der Waals surface area contributed by atoms with Gasteiger partial charge in [0.1, 0.15) is 5.70 Å². The molecule has 3 N–H and O–H groups in total. The predicted octanol–water partition coefficient (Wildman–Crippen LogP) is 0.490. The molecule has 0 spiro atoms. The number of hydrogen-bond acceptors (Lipinski definition) is 2. The summed E-state index contributed by atoms with van der Waals surface area (Å²) in [6.07, 6.45) is 4.61. The lowest BCUT2D eigenvalue weighted by atomic mass is 10.4. The van der Waals surface area contributed by atoms with E-state index in [9.17, 15) is 4.79 Å². The van der Waals surface area contributed by atoms with Gasteiger partial charge in [-0.25, -0.2) is 4.79 Å². The molecule has 0 aromatic carbocycles. The van der Waals surface area contributed by atoms with Gasteiger partial charge in [0.25, 0.3) is 0 Å². The smallest absolute Gasteiger partial charge is 0.351 e. The minimum atomic E-state index is -1.09. The molecule has 3 nitrogen and oxygen atoms in total. The molecule has 0 rings (SSSR count). The summed E-state index contributed by atoms with van der Waals surface area (Å²) >= 11 is 0. The zero-order valence-electron chi connectivity index (χ0n) is 5.16. The van der Waals surface area contributed by atoms with Crippen molar-refractivity contribution in [3.05, 3.63) is 23.9 Å². The summed E-state index contributed by atoms with van der Waals surface area (Å²) in [6, 6.07) is 0. The first-order valence-electron chi connectivity index (χ1n) is 2.50. The average Bonchev–Trinajstić information content (AvgIpc) is 1.82. The van der Waals surface area contributed by atoms with Crippen LogP contribution in [0.25, 0.3) is 0 Å². The molecule has 9 heavy (non-hydrogen) atoms. The van der Waals surface area contributed by atoms with E-state index in [4.69, 9.17) is 10.8 Å². The maximum atomic E-state index is 9.98. The van der Waals surface area contributed by atoms with Crippen molar-refractivity contribution < 1.29 is 9.90 Å². The molecule has 0 unspecified atom stereocenters. The third-order valence-electron chi connectivity index (χ3n) is 0.715. The molecule has 0 aliphatic carbocycles. The maximum absolute atomic E-state index is 9.98. The van der Waals surface area contributed by atoms with Gasteiger partial charge in [-0.2, -0.15) is 0 Å². The van der Waals surface area contributed by atoms with Crippen molar-refractivity contribution in [1.82, 2.24) is 0 Å². The highest BCUT2D eigenvalue weighted by molar-refractivity contribution is 5.85. The second-order valence-corrected chi connectivity index (χ2v) is 1.45. The van der Waals surface area contributed by atoms with Crippen LogP contribution in [0.1, 0.15) is 6.92 Å². The number of allylic oxidation sites excluding steroid dienone is 3. The molecule has 0 radical (unpaired) electrons. The number of hydrogen-bond donors (Lipinski definition) is 2. The Balaban J connectivity index is 4.00. The van der Waals surface area contributed by atoms with E-state index in [-0.39, 0.29) is 5.70 Å². The number of carboxylic acid groups (broad SMARTS) is 1. The first-order chi connectivity index (χ1) is 4.18. The van der Waals surface area contributed by atoms with Gasteiger partial charge in [0, 0.05) is 0 Å². The molecular weight excluding hydrogens is 118 g/mol. The summed E-state index contributed by atoms with van der Waals surface area (Å²) < 4.78 is 0. The lowest BCUT2D eigenvalue weighted by Crippen LogP contribution is -2.08. The molecule has 0 heterocycles. The fourth-order valence-electron chi connectivity index (χ4n) is 0.271. The molecule has 3 heteroatoms. The second-order valence-electron chi connectivity index (χ2n) is 1.45. The van der Waals surface area contributed by atoms with Gasteiger partial charge >= 0.3 is 5.97 Å². The monoisotopic (exact) mass is 127 g/mol. The van der Waals surface area contributed by atoms with Crippen LogP contribution in [0.15, 0.2) is 23.9 Å². The Hall–Kier alpha value is -1.25. The van der Waals surface area contributed by atoms with Crippen LogP contribution in [0.3, 0.4) is 0 Å². The van der Waals surface area contributed by atoms with Gasteiger partial charge in [-0.05, 0) is 13.0 Å². The molecule has 0 amide bonds.